The molecule has 2 aromatic rings. The quantitative estimate of drug-likeness (QED) is 0.774. The molecule has 0 aromatic carbocycles. The van der Waals surface area contributed by atoms with Crippen LogP contribution in [-0.2, 0) is 11.3 Å². The molecular formula is C20H26N4O3. The Kier molecular flexibility index (Phi) is 4.36. The highest BCUT2D eigenvalue weighted by molar-refractivity contribution is 5.12. The third-order valence-electron chi connectivity index (χ3n) is 6.33. The van der Waals surface area contributed by atoms with Crippen molar-refractivity contribution in [3.8, 4) is 5.88 Å². The molecular weight excluding hydrogens is 344 g/mol. The molecule has 0 N–H and O–H groups in total. The lowest BCUT2D eigenvalue weighted by Crippen LogP contribution is -2.52. The lowest BCUT2D eigenvalue weighted by Gasteiger charge is -2.43. The van der Waals surface area contributed by atoms with E-state index >= 15 is 0 Å². The summed E-state index contributed by atoms with van der Waals surface area (Å²) >= 11 is 0. The maximum absolute atomic E-state index is 6.15. The van der Waals surface area contributed by atoms with E-state index < -0.39 is 0 Å². The maximum Gasteiger partial charge on any atom is 0.229 e. The van der Waals surface area contributed by atoms with E-state index in [1.165, 1.54) is 12.8 Å². The number of ether oxygens (including phenoxy) is 2. The fourth-order valence-corrected chi connectivity index (χ4v) is 4.65. The van der Waals surface area contributed by atoms with Crippen LogP contribution in [-0.4, -0.2) is 51.4 Å². The maximum atomic E-state index is 6.15. The van der Waals surface area contributed by atoms with E-state index in [0.29, 0.717) is 24.4 Å². The summed E-state index contributed by atoms with van der Waals surface area (Å²) in [5, 5.41) is 4.20. The molecule has 0 amide bonds. The molecule has 1 aliphatic heterocycles. The zero-order valence-electron chi connectivity index (χ0n) is 15.7. The van der Waals surface area contributed by atoms with Crippen LogP contribution in [0, 0.1) is 0 Å². The second-order valence-electron chi connectivity index (χ2n) is 8.01. The van der Waals surface area contributed by atoms with Crippen molar-refractivity contribution in [1.29, 1.82) is 0 Å². The lowest BCUT2D eigenvalue weighted by molar-refractivity contribution is -0.0846. The molecule has 3 heterocycles. The van der Waals surface area contributed by atoms with Gasteiger partial charge in [0.15, 0.2) is 5.82 Å². The van der Waals surface area contributed by atoms with Crippen LogP contribution in [0.15, 0.2) is 28.9 Å². The first-order valence-electron chi connectivity index (χ1n) is 9.95. The third kappa shape index (κ3) is 3.34. The molecule has 2 saturated carbocycles. The highest BCUT2D eigenvalue weighted by atomic mass is 16.5. The number of methoxy groups -OCH3 is 1. The summed E-state index contributed by atoms with van der Waals surface area (Å²) in [6.07, 6.45) is 8.23. The number of hydrogen-bond acceptors (Lipinski definition) is 7. The van der Waals surface area contributed by atoms with Gasteiger partial charge >= 0.3 is 0 Å². The Balaban J connectivity index is 1.29. The van der Waals surface area contributed by atoms with Gasteiger partial charge in [0.1, 0.15) is 6.10 Å². The van der Waals surface area contributed by atoms with Crippen molar-refractivity contribution in [3.63, 3.8) is 0 Å². The Morgan fingerprint density at radius 3 is 2.96 bits per heavy atom. The Morgan fingerprint density at radius 2 is 2.19 bits per heavy atom. The number of pyridine rings is 1. The van der Waals surface area contributed by atoms with Crippen LogP contribution in [0.25, 0.3) is 0 Å². The van der Waals surface area contributed by atoms with Crippen molar-refractivity contribution < 1.29 is 14.0 Å². The number of nitrogens with zero attached hydrogens (tertiary/aromatic N) is 4. The van der Waals surface area contributed by atoms with Crippen molar-refractivity contribution in [2.75, 3.05) is 13.7 Å². The molecule has 0 unspecified atom stereocenters. The van der Waals surface area contributed by atoms with Crippen molar-refractivity contribution >= 4 is 0 Å². The largest absolute Gasteiger partial charge is 0.474 e. The number of hydrogen-bond donors (Lipinski definition) is 0. The van der Waals surface area contributed by atoms with Crippen LogP contribution < -0.4 is 4.74 Å². The molecule has 2 aromatic heterocycles. The second kappa shape index (κ2) is 6.87. The van der Waals surface area contributed by atoms with E-state index in [0.717, 1.165) is 43.9 Å². The highest BCUT2D eigenvalue weighted by Crippen LogP contribution is 2.44. The van der Waals surface area contributed by atoms with Crippen LogP contribution in [0.5, 0.6) is 5.88 Å². The van der Waals surface area contributed by atoms with Gasteiger partial charge in [-0.15, -0.1) is 0 Å². The molecule has 5 rings (SSSR count). The summed E-state index contributed by atoms with van der Waals surface area (Å²) in [5.74, 6) is 2.79. The Labute approximate surface area is 159 Å². The first kappa shape index (κ1) is 17.1. The second-order valence-corrected chi connectivity index (χ2v) is 8.01. The molecule has 144 valence electrons. The van der Waals surface area contributed by atoms with Gasteiger partial charge in [-0.3, -0.25) is 4.90 Å². The van der Waals surface area contributed by atoms with Gasteiger partial charge in [-0.1, -0.05) is 11.2 Å². The average molecular weight is 370 g/mol. The van der Waals surface area contributed by atoms with Crippen molar-refractivity contribution in [2.45, 2.75) is 68.7 Å². The van der Waals surface area contributed by atoms with Gasteiger partial charge in [0, 0.05) is 44.3 Å². The van der Waals surface area contributed by atoms with E-state index in [4.69, 9.17) is 14.0 Å². The van der Waals surface area contributed by atoms with Gasteiger partial charge in [0.25, 0.3) is 0 Å². The molecule has 27 heavy (non-hydrogen) atoms. The molecule has 1 saturated heterocycles. The van der Waals surface area contributed by atoms with Gasteiger partial charge in [-0.25, -0.2) is 4.98 Å². The van der Waals surface area contributed by atoms with E-state index in [9.17, 15) is 0 Å². The molecule has 7 nitrogen and oxygen atoms in total. The molecule has 2 aliphatic carbocycles. The minimum absolute atomic E-state index is 0.0902. The zero-order valence-corrected chi connectivity index (χ0v) is 15.7. The predicted molar refractivity (Wildman–Crippen MR) is 97.3 cm³/mol. The van der Waals surface area contributed by atoms with Crippen molar-refractivity contribution in [2.24, 2.45) is 0 Å². The van der Waals surface area contributed by atoms with E-state index in [1.807, 2.05) is 25.3 Å². The molecule has 0 spiro atoms. The van der Waals surface area contributed by atoms with Crippen molar-refractivity contribution in [1.82, 2.24) is 20.0 Å². The number of rotatable bonds is 6. The van der Waals surface area contributed by atoms with Crippen LogP contribution in [0.4, 0.5) is 0 Å². The average Bonchev–Trinajstić information content (AvgIpc) is 3.35. The first-order valence-corrected chi connectivity index (χ1v) is 9.95. The SMILES string of the molecule is CO[C@@]12CC[C@@H](Oc3ccccn3)C[C@@H]1N(Cc1noc(C3CC3)n1)CC2. The summed E-state index contributed by atoms with van der Waals surface area (Å²) < 4.78 is 17.6. The van der Waals surface area contributed by atoms with Crippen LogP contribution in [0.2, 0.25) is 0 Å². The Hall–Kier alpha value is -1.99. The third-order valence-corrected chi connectivity index (χ3v) is 6.33. The summed E-state index contributed by atoms with van der Waals surface area (Å²) in [4.78, 5) is 11.4. The minimum Gasteiger partial charge on any atom is -0.474 e. The Bertz CT molecular complexity index is 779. The topological polar surface area (TPSA) is 73.5 Å². The molecule has 3 fully saturated rings. The molecule has 3 aliphatic rings. The molecule has 3 atom stereocenters. The molecule has 7 heteroatoms. The highest BCUT2D eigenvalue weighted by Gasteiger charge is 2.51. The van der Waals surface area contributed by atoms with Crippen LogP contribution >= 0.6 is 0 Å². The zero-order chi connectivity index (χ0) is 18.3. The monoisotopic (exact) mass is 370 g/mol. The predicted octanol–water partition coefficient (Wildman–Crippen LogP) is 2.93. The normalized spacial score (nSPS) is 31.0. The number of fused-ring (bicyclic) bond motifs is 1. The van der Waals surface area contributed by atoms with Gasteiger partial charge in [0.2, 0.25) is 11.8 Å². The fourth-order valence-electron chi connectivity index (χ4n) is 4.65. The smallest absolute Gasteiger partial charge is 0.229 e. The summed E-state index contributed by atoms with van der Waals surface area (Å²) in [7, 11) is 1.84. The fraction of sp³-hybridized carbons (Fsp3) is 0.650. The summed E-state index contributed by atoms with van der Waals surface area (Å²) in [6, 6.07) is 6.08. The number of aromatic nitrogens is 3. The van der Waals surface area contributed by atoms with E-state index in [-0.39, 0.29) is 11.7 Å². The lowest BCUT2D eigenvalue weighted by atomic mass is 9.79. The standard InChI is InChI=1S/C20H26N4O3/c1-25-20-8-7-15(26-18-4-2-3-10-21-18)12-16(20)24(11-9-20)13-17-22-19(27-23-17)14-5-6-14/h2-4,10,14-16H,5-9,11-13H2,1H3/t15-,16+,20-/m1/s1. The van der Waals surface area contributed by atoms with Gasteiger partial charge in [-0.05, 0) is 38.2 Å². The first-order chi connectivity index (χ1) is 13.3. The van der Waals surface area contributed by atoms with Crippen LogP contribution in [0.1, 0.15) is 56.2 Å². The Morgan fingerprint density at radius 1 is 1.26 bits per heavy atom. The van der Waals surface area contributed by atoms with E-state index in [2.05, 4.69) is 20.0 Å². The number of likely N-dealkylation sites (tertiary alicyclic amines) is 1. The van der Waals surface area contributed by atoms with Crippen molar-refractivity contribution in [3.05, 3.63) is 36.1 Å². The van der Waals surface area contributed by atoms with Gasteiger partial charge < -0.3 is 14.0 Å². The summed E-state index contributed by atoms with van der Waals surface area (Å²) in [5.41, 5.74) is -0.0902. The summed E-state index contributed by atoms with van der Waals surface area (Å²) in [6.45, 7) is 1.70. The van der Waals surface area contributed by atoms with E-state index in [1.54, 1.807) is 6.20 Å². The van der Waals surface area contributed by atoms with Gasteiger partial charge in [-0.2, -0.15) is 4.98 Å². The minimum atomic E-state index is -0.0902. The molecule has 0 bridgehead atoms. The molecule has 0 radical (unpaired) electrons. The van der Waals surface area contributed by atoms with Crippen LogP contribution in [0.3, 0.4) is 0 Å². The van der Waals surface area contributed by atoms with Gasteiger partial charge in [0.05, 0.1) is 12.1 Å².